The van der Waals surface area contributed by atoms with E-state index in [2.05, 4.69) is 143 Å². The summed E-state index contributed by atoms with van der Waals surface area (Å²) in [6.07, 6.45) is 8.07. The second-order valence-corrected chi connectivity index (χ2v) is 10.3. The number of hydrogen-bond donors (Lipinski definition) is 2. The average Bonchev–Trinajstić information content (AvgIpc) is 3.56. The smallest absolute Gasteiger partial charge is 0.0544 e. The van der Waals surface area contributed by atoms with Crippen LogP contribution in [0.5, 0.6) is 0 Å². The Hall–Kier alpha value is -4.82. The molecule has 2 heterocycles. The number of nitrogens with one attached hydrogen (secondary N) is 2. The lowest BCUT2D eigenvalue weighted by Gasteiger charge is -2.34. The molecule has 2 N–H and O–H groups in total. The van der Waals surface area contributed by atoms with Gasteiger partial charge >= 0.3 is 0 Å². The number of rotatable bonds is 3. The van der Waals surface area contributed by atoms with Crippen molar-refractivity contribution in [1.29, 1.82) is 0 Å². The molecule has 0 bridgehead atoms. The monoisotopic (exact) mass is 486 g/mol. The first-order valence-electron chi connectivity index (χ1n) is 13.3. The van der Waals surface area contributed by atoms with Crippen LogP contribution in [0.15, 0.2) is 133 Å². The number of benzene rings is 5. The van der Waals surface area contributed by atoms with Gasteiger partial charge in [-0.1, -0.05) is 121 Å². The quantitative estimate of drug-likeness (QED) is 0.249. The zero-order valence-electron chi connectivity index (χ0n) is 20.9. The summed E-state index contributed by atoms with van der Waals surface area (Å²) in [4.78, 5) is 7.45. The van der Waals surface area contributed by atoms with Gasteiger partial charge in [-0.3, -0.25) is 0 Å². The molecule has 180 valence electrons. The Labute approximate surface area is 220 Å². The minimum absolute atomic E-state index is 0.264. The van der Waals surface area contributed by atoms with Crippen LogP contribution in [-0.2, 0) is 5.41 Å². The summed E-state index contributed by atoms with van der Waals surface area (Å²) in [5.41, 5.74) is 9.65. The van der Waals surface area contributed by atoms with E-state index in [1.807, 2.05) is 0 Å². The summed E-state index contributed by atoms with van der Waals surface area (Å²) >= 11 is 0. The van der Waals surface area contributed by atoms with Crippen LogP contribution in [0.4, 0.5) is 0 Å². The highest BCUT2D eigenvalue weighted by Gasteiger charge is 2.35. The van der Waals surface area contributed by atoms with E-state index >= 15 is 0 Å². The highest BCUT2D eigenvalue weighted by molar-refractivity contribution is 6.11. The molecule has 1 atom stereocenters. The summed E-state index contributed by atoms with van der Waals surface area (Å²) in [6, 6.07) is 41.5. The van der Waals surface area contributed by atoms with Crippen LogP contribution in [0, 0.1) is 0 Å². The van der Waals surface area contributed by atoms with Gasteiger partial charge in [-0.25, -0.2) is 0 Å². The first-order chi connectivity index (χ1) is 18.8. The number of para-hydroxylation sites is 4. The summed E-state index contributed by atoms with van der Waals surface area (Å²) in [7, 11) is 0. The highest BCUT2D eigenvalue weighted by atomic mass is 14.7. The normalized spacial score (nSPS) is 17.5. The second kappa shape index (κ2) is 8.09. The number of H-pyrrole nitrogens is 2. The third-order valence-electron chi connectivity index (χ3n) is 8.35. The lowest BCUT2D eigenvalue weighted by molar-refractivity contribution is 0.654. The lowest BCUT2D eigenvalue weighted by atomic mass is 9.68. The Morgan fingerprint density at radius 2 is 1.13 bits per heavy atom. The SMILES string of the molecule is C1=CC(c2ccccc2)(c2cccc3c2[nH]c2ccccc23)CC=C1c1cccc2c1[nH]c1ccccc12. The van der Waals surface area contributed by atoms with Crippen molar-refractivity contribution in [2.45, 2.75) is 11.8 Å². The van der Waals surface area contributed by atoms with E-state index in [1.54, 1.807) is 0 Å². The standard InChI is InChI=1S/C36H26N2/c1-2-10-25(11-3-1)36(31-17-9-16-30-28-13-5-7-19-33(28)38-35(30)31)22-20-24(21-23-36)26-14-8-15-29-27-12-4-6-18-32(27)37-34(26)29/h1-22,37-38H,23H2. The van der Waals surface area contributed by atoms with Crippen molar-refractivity contribution in [3.8, 4) is 0 Å². The van der Waals surface area contributed by atoms with Crippen molar-refractivity contribution in [2.75, 3.05) is 0 Å². The van der Waals surface area contributed by atoms with Crippen molar-refractivity contribution >= 4 is 49.2 Å². The maximum atomic E-state index is 3.76. The largest absolute Gasteiger partial charge is 0.354 e. The van der Waals surface area contributed by atoms with Crippen LogP contribution in [0.25, 0.3) is 49.2 Å². The van der Waals surface area contributed by atoms with E-state index in [0.717, 1.165) is 6.42 Å². The fourth-order valence-electron chi connectivity index (χ4n) is 6.50. The van der Waals surface area contributed by atoms with Crippen LogP contribution in [0.1, 0.15) is 23.1 Å². The zero-order chi connectivity index (χ0) is 25.1. The first kappa shape index (κ1) is 21.3. The second-order valence-electron chi connectivity index (χ2n) is 10.3. The van der Waals surface area contributed by atoms with Crippen molar-refractivity contribution in [3.05, 3.63) is 150 Å². The van der Waals surface area contributed by atoms with Gasteiger partial charge in [-0.2, -0.15) is 0 Å². The van der Waals surface area contributed by atoms with Gasteiger partial charge in [-0.05, 0) is 35.3 Å². The molecule has 1 aliphatic carbocycles. The molecule has 0 spiro atoms. The summed E-state index contributed by atoms with van der Waals surface area (Å²) in [6.45, 7) is 0. The molecule has 0 amide bonds. The lowest BCUT2D eigenvalue weighted by Crippen LogP contribution is -2.26. The molecule has 0 fully saturated rings. The number of hydrogen-bond acceptors (Lipinski definition) is 0. The van der Waals surface area contributed by atoms with E-state index < -0.39 is 0 Å². The van der Waals surface area contributed by atoms with Crippen LogP contribution in [0.3, 0.4) is 0 Å². The molecule has 0 saturated carbocycles. The Bertz CT molecular complexity index is 2050. The molecular weight excluding hydrogens is 460 g/mol. The van der Waals surface area contributed by atoms with Crippen LogP contribution in [-0.4, -0.2) is 9.97 Å². The average molecular weight is 487 g/mol. The highest BCUT2D eigenvalue weighted by Crippen LogP contribution is 2.46. The molecule has 0 saturated heterocycles. The van der Waals surface area contributed by atoms with E-state index in [9.17, 15) is 0 Å². The molecule has 1 unspecified atom stereocenters. The van der Waals surface area contributed by atoms with E-state index in [-0.39, 0.29) is 5.41 Å². The Morgan fingerprint density at radius 1 is 0.526 bits per heavy atom. The Kier molecular flexibility index (Phi) is 4.53. The Balaban J connectivity index is 1.32. The van der Waals surface area contributed by atoms with Crippen LogP contribution < -0.4 is 0 Å². The van der Waals surface area contributed by atoms with E-state index in [1.165, 1.54) is 65.9 Å². The fraction of sp³-hybridized carbons (Fsp3) is 0.0556. The topological polar surface area (TPSA) is 31.6 Å². The van der Waals surface area contributed by atoms with E-state index in [4.69, 9.17) is 0 Å². The van der Waals surface area contributed by atoms with Crippen molar-refractivity contribution < 1.29 is 0 Å². The molecule has 5 aromatic carbocycles. The van der Waals surface area contributed by atoms with Crippen LogP contribution >= 0.6 is 0 Å². The number of aromatic nitrogens is 2. The number of allylic oxidation sites excluding steroid dienone is 4. The zero-order valence-corrected chi connectivity index (χ0v) is 20.9. The third-order valence-corrected chi connectivity index (χ3v) is 8.35. The van der Waals surface area contributed by atoms with Gasteiger partial charge in [0.25, 0.3) is 0 Å². The molecule has 8 rings (SSSR count). The minimum Gasteiger partial charge on any atom is -0.354 e. The van der Waals surface area contributed by atoms with Gasteiger partial charge in [0.15, 0.2) is 0 Å². The summed E-state index contributed by atoms with van der Waals surface area (Å²) < 4.78 is 0. The molecule has 2 nitrogen and oxygen atoms in total. The number of fused-ring (bicyclic) bond motifs is 6. The van der Waals surface area contributed by atoms with Gasteiger partial charge in [-0.15, -0.1) is 0 Å². The maximum absolute atomic E-state index is 3.76. The fourth-order valence-corrected chi connectivity index (χ4v) is 6.50. The molecule has 1 aliphatic rings. The molecule has 0 radical (unpaired) electrons. The van der Waals surface area contributed by atoms with Gasteiger partial charge < -0.3 is 9.97 Å². The molecule has 2 heteroatoms. The molecule has 2 aromatic heterocycles. The van der Waals surface area contributed by atoms with Gasteiger partial charge in [0.1, 0.15) is 0 Å². The van der Waals surface area contributed by atoms with Crippen molar-refractivity contribution in [2.24, 2.45) is 0 Å². The predicted octanol–water partition coefficient (Wildman–Crippen LogP) is 9.29. The summed E-state index contributed by atoms with van der Waals surface area (Å²) in [5.74, 6) is 0. The number of aromatic amines is 2. The maximum Gasteiger partial charge on any atom is 0.0544 e. The molecule has 0 aliphatic heterocycles. The van der Waals surface area contributed by atoms with Gasteiger partial charge in [0.05, 0.1) is 11.0 Å². The third kappa shape index (κ3) is 3.01. The predicted molar refractivity (Wildman–Crippen MR) is 161 cm³/mol. The van der Waals surface area contributed by atoms with Gasteiger partial charge in [0, 0.05) is 43.6 Å². The van der Waals surface area contributed by atoms with Crippen molar-refractivity contribution in [3.63, 3.8) is 0 Å². The Morgan fingerprint density at radius 3 is 1.84 bits per heavy atom. The molecule has 7 aromatic rings. The minimum atomic E-state index is -0.264. The van der Waals surface area contributed by atoms with E-state index in [0.29, 0.717) is 0 Å². The van der Waals surface area contributed by atoms with Gasteiger partial charge in [0.2, 0.25) is 0 Å². The molecule has 38 heavy (non-hydrogen) atoms. The molecular formula is C36H26N2. The van der Waals surface area contributed by atoms with Crippen molar-refractivity contribution in [1.82, 2.24) is 9.97 Å². The summed E-state index contributed by atoms with van der Waals surface area (Å²) in [5, 5.41) is 5.09. The first-order valence-corrected chi connectivity index (χ1v) is 13.3. The van der Waals surface area contributed by atoms with Crippen LogP contribution in [0.2, 0.25) is 0 Å².